The number of rotatable bonds is 52. The zero-order chi connectivity index (χ0) is 54.3. The maximum Gasteiger partial charge on any atom is 0.306 e. The number of allylic oxidation sites excluding steroid dienone is 26. The van der Waals surface area contributed by atoms with Gasteiger partial charge in [-0.15, -0.1) is 0 Å². The summed E-state index contributed by atoms with van der Waals surface area (Å²) >= 11 is 0. The summed E-state index contributed by atoms with van der Waals surface area (Å²) in [6, 6.07) is 0. The molecule has 1 unspecified atom stereocenters. The molecule has 0 N–H and O–H groups in total. The molecule has 420 valence electrons. The highest BCUT2D eigenvalue weighted by molar-refractivity contribution is 5.71. The zero-order valence-electron chi connectivity index (χ0n) is 48.0. The van der Waals surface area contributed by atoms with Gasteiger partial charge in [-0.25, -0.2) is 0 Å². The molecule has 0 radical (unpaired) electrons. The van der Waals surface area contributed by atoms with E-state index in [1.54, 1.807) is 0 Å². The molecule has 0 saturated carbocycles. The Balaban J connectivity index is 4.43. The van der Waals surface area contributed by atoms with Crippen LogP contribution in [0, 0.1) is 0 Å². The number of ether oxygens (including phenoxy) is 3. The fourth-order valence-electron chi connectivity index (χ4n) is 7.63. The number of carbonyl (C=O) groups excluding carboxylic acids is 3. The van der Waals surface area contributed by atoms with Gasteiger partial charge in [-0.3, -0.25) is 14.4 Å². The summed E-state index contributed by atoms with van der Waals surface area (Å²) in [5, 5.41) is 0. The molecule has 0 aromatic carbocycles. The lowest BCUT2D eigenvalue weighted by molar-refractivity contribution is -0.167. The lowest BCUT2D eigenvalue weighted by Gasteiger charge is -2.18. The minimum atomic E-state index is -0.812. The Labute approximate surface area is 460 Å². The average molecular weight is 1030 g/mol. The fourth-order valence-corrected chi connectivity index (χ4v) is 7.63. The van der Waals surface area contributed by atoms with Crippen LogP contribution < -0.4 is 0 Å². The van der Waals surface area contributed by atoms with E-state index < -0.39 is 6.10 Å². The Kier molecular flexibility index (Phi) is 57.5. The Morgan fingerprint density at radius 2 is 0.480 bits per heavy atom. The van der Waals surface area contributed by atoms with Gasteiger partial charge >= 0.3 is 17.9 Å². The molecule has 1 atom stereocenters. The number of hydrogen-bond acceptors (Lipinski definition) is 6. The Morgan fingerprint density at radius 1 is 0.267 bits per heavy atom. The van der Waals surface area contributed by atoms with E-state index in [1.807, 2.05) is 0 Å². The molecule has 0 heterocycles. The Bertz CT molecular complexity index is 1710. The van der Waals surface area contributed by atoms with Crippen molar-refractivity contribution in [3.05, 3.63) is 158 Å². The smallest absolute Gasteiger partial charge is 0.306 e. The SMILES string of the molecule is CC/C=C\C/C=C\C/C=C\C/C=C\C/C=C\C/C=C\C/C=C\CCCCCCCC(=O)OCC(COC(=O)CCCCC/C=C\C/C=C\C/C=C\CC)OC(=O)CCCCCCCCC/C=C\C/C=C\C/C=C\CC. The highest BCUT2D eigenvalue weighted by Gasteiger charge is 2.19. The molecule has 0 saturated heterocycles. The van der Waals surface area contributed by atoms with Crippen molar-refractivity contribution in [3.63, 3.8) is 0 Å². The average Bonchev–Trinajstić information content (AvgIpc) is 3.41. The highest BCUT2D eigenvalue weighted by atomic mass is 16.6. The molecule has 6 heteroatoms. The number of unbranched alkanes of at least 4 members (excludes halogenated alkanes) is 15. The lowest BCUT2D eigenvalue weighted by Crippen LogP contribution is -2.30. The second-order valence-electron chi connectivity index (χ2n) is 19.1. The van der Waals surface area contributed by atoms with E-state index in [4.69, 9.17) is 14.2 Å². The summed E-state index contributed by atoms with van der Waals surface area (Å²) in [7, 11) is 0. The first-order valence-corrected chi connectivity index (χ1v) is 30.0. The molecule has 0 aromatic rings. The van der Waals surface area contributed by atoms with Crippen LogP contribution in [-0.4, -0.2) is 37.2 Å². The predicted octanol–water partition coefficient (Wildman–Crippen LogP) is 20.5. The van der Waals surface area contributed by atoms with Gasteiger partial charge in [-0.2, -0.15) is 0 Å². The van der Waals surface area contributed by atoms with Crippen LogP contribution in [0.25, 0.3) is 0 Å². The molecule has 0 aliphatic carbocycles. The van der Waals surface area contributed by atoms with Crippen LogP contribution in [0.3, 0.4) is 0 Å². The quantitative estimate of drug-likeness (QED) is 0.0261. The molecule has 0 spiro atoms. The molecule has 0 aromatic heterocycles. The monoisotopic (exact) mass is 1030 g/mol. The van der Waals surface area contributed by atoms with E-state index in [0.717, 1.165) is 180 Å². The van der Waals surface area contributed by atoms with Crippen molar-refractivity contribution in [2.24, 2.45) is 0 Å². The van der Waals surface area contributed by atoms with Crippen LogP contribution in [0.4, 0.5) is 0 Å². The Morgan fingerprint density at radius 3 is 0.760 bits per heavy atom. The first-order chi connectivity index (χ1) is 37.0. The lowest BCUT2D eigenvalue weighted by atomic mass is 10.1. The van der Waals surface area contributed by atoms with Crippen molar-refractivity contribution < 1.29 is 28.6 Å². The second kappa shape index (κ2) is 61.6. The molecular weight excluding hydrogens is 925 g/mol. The number of carbonyl (C=O) groups is 3. The topological polar surface area (TPSA) is 78.9 Å². The van der Waals surface area contributed by atoms with Gasteiger partial charge < -0.3 is 14.2 Å². The zero-order valence-corrected chi connectivity index (χ0v) is 48.0. The van der Waals surface area contributed by atoms with Gasteiger partial charge in [0.25, 0.3) is 0 Å². The molecular formula is C69H108O6. The van der Waals surface area contributed by atoms with Crippen molar-refractivity contribution in [3.8, 4) is 0 Å². The summed E-state index contributed by atoms with van der Waals surface area (Å²) in [5.74, 6) is -0.973. The summed E-state index contributed by atoms with van der Waals surface area (Å²) < 4.78 is 16.8. The third-order valence-electron chi connectivity index (χ3n) is 12.0. The molecule has 0 aliphatic heterocycles. The van der Waals surface area contributed by atoms with E-state index in [1.165, 1.54) is 19.3 Å². The fraction of sp³-hybridized carbons (Fsp3) is 0.580. The van der Waals surface area contributed by atoms with E-state index in [-0.39, 0.29) is 31.1 Å². The maximum absolute atomic E-state index is 12.9. The third-order valence-corrected chi connectivity index (χ3v) is 12.0. The summed E-state index contributed by atoms with van der Waals surface area (Å²) in [6.07, 6.45) is 89.5. The predicted molar refractivity (Wildman–Crippen MR) is 325 cm³/mol. The van der Waals surface area contributed by atoms with Crippen LogP contribution in [0.2, 0.25) is 0 Å². The van der Waals surface area contributed by atoms with Crippen molar-refractivity contribution >= 4 is 17.9 Å². The molecule has 0 rings (SSSR count). The van der Waals surface area contributed by atoms with Gasteiger partial charge in [0.1, 0.15) is 13.2 Å². The molecule has 75 heavy (non-hydrogen) atoms. The highest BCUT2D eigenvalue weighted by Crippen LogP contribution is 2.14. The van der Waals surface area contributed by atoms with E-state index in [2.05, 4.69) is 179 Å². The first kappa shape index (κ1) is 70.0. The van der Waals surface area contributed by atoms with Crippen LogP contribution in [0.15, 0.2) is 158 Å². The number of esters is 3. The Hall–Kier alpha value is -4.97. The molecule has 0 aliphatic rings. The largest absolute Gasteiger partial charge is 0.462 e. The van der Waals surface area contributed by atoms with Gasteiger partial charge in [-0.1, -0.05) is 237 Å². The minimum absolute atomic E-state index is 0.109. The minimum Gasteiger partial charge on any atom is -0.462 e. The van der Waals surface area contributed by atoms with Crippen LogP contribution in [0.1, 0.15) is 239 Å². The summed E-state index contributed by atoms with van der Waals surface area (Å²) in [5.41, 5.74) is 0. The number of hydrogen-bond donors (Lipinski definition) is 0. The second-order valence-corrected chi connectivity index (χ2v) is 19.1. The molecule has 0 amide bonds. The van der Waals surface area contributed by atoms with Crippen molar-refractivity contribution in [1.29, 1.82) is 0 Å². The van der Waals surface area contributed by atoms with E-state index in [0.29, 0.717) is 19.3 Å². The van der Waals surface area contributed by atoms with E-state index >= 15 is 0 Å². The van der Waals surface area contributed by atoms with E-state index in [9.17, 15) is 14.4 Å². The van der Waals surface area contributed by atoms with Crippen molar-refractivity contribution in [1.82, 2.24) is 0 Å². The van der Waals surface area contributed by atoms with Gasteiger partial charge in [0.15, 0.2) is 6.10 Å². The summed E-state index contributed by atoms with van der Waals surface area (Å²) in [6.45, 7) is 6.24. The molecule has 0 bridgehead atoms. The third kappa shape index (κ3) is 59.8. The molecule has 0 fully saturated rings. The normalized spacial score (nSPS) is 13.3. The van der Waals surface area contributed by atoms with Crippen molar-refractivity contribution in [2.75, 3.05) is 13.2 Å². The van der Waals surface area contributed by atoms with Gasteiger partial charge in [-0.05, 0) is 141 Å². The van der Waals surface area contributed by atoms with Crippen LogP contribution in [0.5, 0.6) is 0 Å². The first-order valence-electron chi connectivity index (χ1n) is 30.0. The van der Waals surface area contributed by atoms with Crippen LogP contribution >= 0.6 is 0 Å². The van der Waals surface area contributed by atoms with Crippen molar-refractivity contribution in [2.45, 2.75) is 245 Å². The van der Waals surface area contributed by atoms with Gasteiger partial charge in [0, 0.05) is 19.3 Å². The standard InChI is InChI=1S/C69H108O6/c1-4-7-10-13-16-19-22-25-27-29-30-31-32-33-34-35-36-37-38-40-41-44-47-50-53-56-59-62-68(71)74-65-66(64-73-67(70)61-58-55-52-49-46-43-24-21-18-15-12-9-6-3)75-69(72)63-60-57-54-51-48-45-42-39-28-26-23-20-17-14-11-8-5-2/h7-12,16-21,25-28,30-31,33-34,36-37,40-41,43,46,66H,4-6,13-15,22-24,29,32,35,38-39,42,44-45,47-65H2,1-3H3/b10-7-,11-8-,12-9-,19-16-,20-17-,21-18-,27-25-,28-26-,31-30-,34-33-,37-36-,41-40-,46-43-. The summed E-state index contributed by atoms with van der Waals surface area (Å²) in [4.78, 5) is 38.2. The van der Waals surface area contributed by atoms with Gasteiger partial charge in [0.2, 0.25) is 0 Å². The van der Waals surface area contributed by atoms with Gasteiger partial charge in [0.05, 0.1) is 0 Å². The maximum atomic E-state index is 12.9. The molecule has 6 nitrogen and oxygen atoms in total. The van der Waals surface area contributed by atoms with Crippen LogP contribution in [-0.2, 0) is 28.6 Å².